The van der Waals surface area contributed by atoms with Crippen LogP contribution in [0.2, 0.25) is 0 Å². The maximum absolute atomic E-state index is 13.3. The van der Waals surface area contributed by atoms with Crippen molar-refractivity contribution in [3.63, 3.8) is 0 Å². The van der Waals surface area contributed by atoms with Crippen LogP contribution in [0.4, 0.5) is 14.9 Å². The van der Waals surface area contributed by atoms with Crippen LogP contribution in [0, 0.1) is 5.82 Å². The number of nitrogens with one attached hydrogen (secondary N) is 2. The second-order valence-corrected chi connectivity index (χ2v) is 4.10. The molecule has 7 heteroatoms. The molecule has 0 aromatic heterocycles. The van der Waals surface area contributed by atoms with Gasteiger partial charge in [-0.15, -0.1) is 0 Å². The van der Waals surface area contributed by atoms with Gasteiger partial charge in [0.1, 0.15) is 11.9 Å². The van der Waals surface area contributed by atoms with E-state index in [9.17, 15) is 14.0 Å². The van der Waals surface area contributed by atoms with E-state index in [-0.39, 0.29) is 12.1 Å². The summed E-state index contributed by atoms with van der Waals surface area (Å²) in [6, 6.07) is 3.82. The molecule has 6 nitrogen and oxygen atoms in total. The van der Waals surface area contributed by atoms with Gasteiger partial charge in [0.2, 0.25) is 0 Å². The number of rotatable bonds is 7. The van der Waals surface area contributed by atoms with Crippen LogP contribution in [0.1, 0.15) is 12.8 Å². The number of ether oxygens (including phenoxy) is 1. The Bertz CT molecular complexity index is 467. The van der Waals surface area contributed by atoms with Crippen molar-refractivity contribution in [3.05, 3.63) is 30.1 Å². The van der Waals surface area contributed by atoms with Gasteiger partial charge in [0.25, 0.3) is 0 Å². The van der Waals surface area contributed by atoms with Crippen LogP contribution >= 0.6 is 0 Å². The minimum absolute atomic E-state index is 0.00831. The fourth-order valence-corrected chi connectivity index (χ4v) is 1.57. The average molecular weight is 284 g/mol. The van der Waals surface area contributed by atoms with E-state index in [0.29, 0.717) is 13.0 Å². The highest BCUT2D eigenvalue weighted by molar-refractivity contribution is 5.92. The van der Waals surface area contributed by atoms with Crippen LogP contribution in [0.5, 0.6) is 0 Å². The third-order valence-electron chi connectivity index (χ3n) is 2.57. The van der Waals surface area contributed by atoms with Crippen molar-refractivity contribution in [1.29, 1.82) is 0 Å². The molecule has 110 valence electrons. The van der Waals surface area contributed by atoms with Gasteiger partial charge in [0.05, 0.1) is 5.69 Å². The summed E-state index contributed by atoms with van der Waals surface area (Å²) in [6.45, 7) is 0.403. The van der Waals surface area contributed by atoms with Crippen LogP contribution in [-0.4, -0.2) is 36.9 Å². The number of methoxy groups -OCH3 is 1. The summed E-state index contributed by atoms with van der Waals surface area (Å²) < 4.78 is 18.1. The van der Waals surface area contributed by atoms with Crippen LogP contribution < -0.4 is 10.6 Å². The molecule has 3 N–H and O–H groups in total. The number of halogens is 1. The number of carboxylic acids is 1. The van der Waals surface area contributed by atoms with Crippen molar-refractivity contribution in [2.45, 2.75) is 18.9 Å². The number of aliphatic carboxylic acids is 1. The Hall–Kier alpha value is -2.15. The van der Waals surface area contributed by atoms with Crippen molar-refractivity contribution < 1.29 is 23.8 Å². The zero-order valence-electron chi connectivity index (χ0n) is 11.1. The zero-order valence-corrected chi connectivity index (χ0v) is 11.1. The smallest absolute Gasteiger partial charge is 0.326 e. The van der Waals surface area contributed by atoms with Gasteiger partial charge in [-0.2, -0.15) is 0 Å². The van der Waals surface area contributed by atoms with Crippen LogP contribution in [0.3, 0.4) is 0 Å². The maximum Gasteiger partial charge on any atom is 0.326 e. The predicted octanol–water partition coefficient (Wildman–Crippen LogP) is 1.83. The van der Waals surface area contributed by atoms with E-state index in [0.717, 1.165) is 0 Å². The lowest BCUT2D eigenvalue weighted by Gasteiger charge is -2.15. The zero-order chi connectivity index (χ0) is 15.0. The Morgan fingerprint density at radius 2 is 2.10 bits per heavy atom. The quantitative estimate of drug-likeness (QED) is 0.666. The molecule has 0 saturated carbocycles. The lowest BCUT2D eigenvalue weighted by Crippen LogP contribution is -2.43. The first-order valence-corrected chi connectivity index (χ1v) is 6.08. The molecule has 0 aliphatic heterocycles. The number of amides is 2. The Balaban J connectivity index is 2.54. The van der Waals surface area contributed by atoms with Gasteiger partial charge in [-0.1, -0.05) is 12.1 Å². The van der Waals surface area contributed by atoms with Gasteiger partial charge in [-0.25, -0.2) is 14.0 Å². The van der Waals surface area contributed by atoms with Gasteiger partial charge in [-0.3, -0.25) is 0 Å². The first-order valence-electron chi connectivity index (χ1n) is 6.08. The highest BCUT2D eigenvalue weighted by Crippen LogP contribution is 2.12. The SMILES string of the molecule is COCCCC(NC(=O)Nc1ccccc1F)C(=O)O. The maximum atomic E-state index is 13.3. The fourth-order valence-electron chi connectivity index (χ4n) is 1.57. The summed E-state index contributed by atoms with van der Waals surface area (Å²) in [4.78, 5) is 22.6. The molecule has 0 aliphatic carbocycles. The average Bonchev–Trinajstić information content (AvgIpc) is 2.40. The van der Waals surface area contributed by atoms with Crippen LogP contribution in [0.25, 0.3) is 0 Å². The van der Waals surface area contributed by atoms with E-state index in [1.165, 1.54) is 25.3 Å². The summed E-state index contributed by atoms with van der Waals surface area (Å²) in [5.41, 5.74) is -0.00831. The van der Waals surface area contributed by atoms with E-state index in [2.05, 4.69) is 10.6 Å². The van der Waals surface area contributed by atoms with Gasteiger partial charge in [-0.05, 0) is 25.0 Å². The normalized spacial score (nSPS) is 11.7. The molecule has 0 fully saturated rings. The van der Waals surface area contributed by atoms with Gasteiger partial charge in [0, 0.05) is 13.7 Å². The van der Waals surface area contributed by atoms with Gasteiger partial charge < -0.3 is 20.5 Å². The monoisotopic (exact) mass is 284 g/mol. The molecule has 1 aromatic rings. The summed E-state index contributed by atoms with van der Waals surface area (Å²) in [5, 5.41) is 13.5. The summed E-state index contributed by atoms with van der Waals surface area (Å²) in [6.07, 6.45) is 0.724. The van der Waals surface area contributed by atoms with E-state index < -0.39 is 23.9 Å². The number of urea groups is 1. The number of hydrogen-bond donors (Lipinski definition) is 3. The molecule has 1 rings (SSSR count). The second-order valence-electron chi connectivity index (χ2n) is 4.10. The first-order chi connectivity index (χ1) is 9.54. The molecule has 0 saturated heterocycles. The van der Waals surface area contributed by atoms with Crippen LogP contribution in [-0.2, 0) is 9.53 Å². The molecule has 1 atom stereocenters. The van der Waals surface area contributed by atoms with Crippen molar-refractivity contribution in [2.24, 2.45) is 0 Å². The van der Waals surface area contributed by atoms with Gasteiger partial charge in [0.15, 0.2) is 0 Å². The third-order valence-corrected chi connectivity index (χ3v) is 2.57. The first kappa shape index (κ1) is 15.9. The second kappa shape index (κ2) is 8.11. The fraction of sp³-hybridized carbons (Fsp3) is 0.385. The molecule has 0 radical (unpaired) electrons. The Morgan fingerprint density at radius 3 is 2.70 bits per heavy atom. The van der Waals surface area contributed by atoms with E-state index >= 15 is 0 Å². The lowest BCUT2D eigenvalue weighted by molar-refractivity contribution is -0.139. The van der Waals surface area contributed by atoms with Crippen LogP contribution in [0.15, 0.2) is 24.3 Å². The molecule has 0 spiro atoms. The Labute approximate surface area is 115 Å². The molecule has 0 bridgehead atoms. The van der Waals surface area contributed by atoms with Crippen molar-refractivity contribution in [2.75, 3.05) is 19.0 Å². The minimum atomic E-state index is -1.15. The molecule has 2 amide bonds. The minimum Gasteiger partial charge on any atom is -0.480 e. The number of para-hydroxylation sites is 1. The number of carbonyl (C=O) groups is 2. The molecular weight excluding hydrogens is 267 g/mol. The summed E-state index contributed by atoms with van der Waals surface area (Å²) in [5.74, 6) is -1.74. The molecule has 1 aromatic carbocycles. The highest BCUT2D eigenvalue weighted by atomic mass is 19.1. The van der Waals surface area contributed by atoms with E-state index in [1.807, 2.05) is 0 Å². The van der Waals surface area contributed by atoms with Crippen molar-refractivity contribution >= 4 is 17.7 Å². The molecule has 0 heterocycles. The Kier molecular flexibility index (Phi) is 6.45. The van der Waals surface area contributed by atoms with E-state index in [1.54, 1.807) is 6.07 Å². The van der Waals surface area contributed by atoms with Crippen molar-refractivity contribution in [1.82, 2.24) is 5.32 Å². The molecule has 20 heavy (non-hydrogen) atoms. The largest absolute Gasteiger partial charge is 0.480 e. The highest BCUT2D eigenvalue weighted by Gasteiger charge is 2.19. The number of carbonyl (C=O) groups excluding carboxylic acids is 1. The summed E-state index contributed by atoms with van der Waals surface area (Å²) >= 11 is 0. The third kappa shape index (κ3) is 5.23. The number of carboxylic acid groups (broad SMARTS) is 1. The Morgan fingerprint density at radius 1 is 1.40 bits per heavy atom. The molecular formula is C13H17FN2O4. The topological polar surface area (TPSA) is 87.7 Å². The predicted molar refractivity (Wildman–Crippen MR) is 71.1 cm³/mol. The number of benzene rings is 1. The molecule has 0 aliphatic rings. The summed E-state index contributed by atoms with van der Waals surface area (Å²) in [7, 11) is 1.51. The molecule has 1 unspecified atom stereocenters. The lowest BCUT2D eigenvalue weighted by atomic mass is 10.1. The van der Waals surface area contributed by atoms with Gasteiger partial charge >= 0.3 is 12.0 Å². The number of anilines is 1. The number of hydrogen-bond acceptors (Lipinski definition) is 3. The standard InChI is InChI=1S/C13H17FN2O4/c1-20-8-4-7-11(12(17)18)16-13(19)15-10-6-3-2-5-9(10)14/h2-3,5-6,11H,4,7-8H2,1H3,(H,17,18)(H2,15,16,19). The van der Waals surface area contributed by atoms with Crippen molar-refractivity contribution in [3.8, 4) is 0 Å². The van der Waals surface area contributed by atoms with E-state index in [4.69, 9.17) is 9.84 Å².